The Morgan fingerprint density at radius 2 is 2.04 bits per heavy atom. The number of anilines is 1. The van der Waals surface area contributed by atoms with Gasteiger partial charge >= 0.3 is 0 Å². The molecule has 132 valence electrons. The highest BCUT2D eigenvalue weighted by Gasteiger charge is 2.13. The molecule has 0 saturated heterocycles. The van der Waals surface area contributed by atoms with Crippen molar-refractivity contribution >= 4 is 45.3 Å². The number of thiophene rings is 1. The third-order valence-electron chi connectivity index (χ3n) is 3.25. The van der Waals surface area contributed by atoms with Crippen molar-refractivity contribution in [1.82, 2.24) is 10.3 Å². The Balaban J connectivity index is 1.55. The van der Waals surface area contributed by atoms with Gasteiger partial charge in [0.15, 0.2) is 5.13 Å². The quantitative estimate of drug-likeness (QED) is 0.497. The third-order valence-corrected chi connectivity index (χ3v) is 4.90. The molecule has 0 unspecified atom stereocenters. The minimum atomic E-state index is -0.586. The molecule has 2 amide bonds. The van der Waals surface area contributed by atoms with E-state index < -0.39 is 16.7 Å². The van der Waals surface area contributed by atoms with Crippen LogP contribution in [0.5, 0.6) is 0 Å². The van der Waals surface area contributed by atoms with Crippen LogP contribution in [-0.2, 0) is 4.79 Å². The third kappa shape index (κ3) is 4.29. The van der Waals surface area contributed by atoms with E-state index >= 15 is 0 Å². The lowest BCUT2D eigenvalue weighted by Gasteiger charge is -2.05. The minimum absolute atomic E-state index is 0.112. The van der Waals surface area contributed by atoms with Crippen LogP contribution in [0.1, 0.15) is 10.4 Å². The molecule has 0 radical (unpaired) electrons. The Kier molecular flexibility index (Phi) is 5.34. The van der Waals surface area contributed by atoms with E-state index in [1.807, 2.05) is 22.9 Å². The molecule has 2 aromatic heterocycles. The summed E-state index contributed by atoms with van der Waals surface area (Å²) in [5.41, 5.74) is 0.702. The van der Waals surface area contributed by atoms with Gasteiger partial charge in [-0.15, -0.1) is 22.7 Å². The van der Waals surface area contributed by atoms with E-state index in [9.17, 15) is 19.7 Å². The van der Waals surface area contributed by atoms with E-state index in [0.717, 1.165) is 16.6 Å². The number of nitro benzene ring substituents is 1. The summed E-state index contributed by atoms with van der Waals surface area (Å²) in [6.07, 6.45) is 0. The van der Waals surface area contributed by atoms with E-state index in [4.69, 9.17) is 0 Å². The van der Waals surface area contributed by atoms with Crippen LogP contribution in [0.3, 0.4) is 0 Å². The molecule has 0 bridgehead atoms. The van der Waals surface area contributed by atoms with E-state index in [-0.39, 0.29) is 17.8 Å². The number of hydrogen-bond acceptors (Lipinski definition) is 7. The lowest BCUT2D eigenvalue weighted by molar-refractivity contribution is -0.384. The molecule has 8 nitrogen and oxygen atoms in total. The molecule has 0 saturated carbocycles. The molecule has 0 aliphatic carbocycles. The van der Waals surface area contributed by atoms with Crippen LogP contribution < -0.4 is 10.6 Å². The largest absolute Gasteiger partial charge is 0.343 e. The molecule has 26 heavy (non-hydrogen) atoms. The molecule has 0 atom stereocenters. The van der Waals surface area contributed by atoms with Crippen LogP contribution in [0.2, 0.25) is 0 Å². The van der Waals surface area contributed by atoms with Crippen LogP contribution in [0.4, 0.5) is 10.8 Å². The monoisotopic (exact) mass is 388 g/mol. The Morgan fingerprint density at radius 3 is 2.77 bits per heavy atom. The summed E-state index contributed by atoms with van der Waals surface area (Å²) in [4.78, 5) is 39.4. The van der Waals surface area contributed by atoms with E-state index in [1.54, 1.807) is 11.3 Å². The van der Waals surface area contributed by atoms with E-state index in [0.29, 0.717) is 5.13 Å². The van der Waals surface area contributed by atoms with Crippen molar-refractivity contribution in [3.05, 3.63) is 62.8 Å². The summed E-state index contributed by atoms with van der Waals surface area (Å²) >= 11 is 2.84. The summed E-state index contributed by atoms with van der Waals surface area (Å²) in [5, 5.41) is 20.0. The normalized spacial score (nSPS) is 10.3. The fourth-order valence-electron chi connectivity index (χ4n) is 2.06. The SMILES string of the molecule is O=C(CNC(=O)c1cccc([N+](=O)[O-])c1)Nc1nc(-c2cccs2)cs1. The number of carbonyl (C=O) groups is 2. The number of aromatic nitrogens is 1. The summed E-state index contributed by atoms with van der Waals surface area (Å²) in [6, 6.07) is 9.15. The lowest BCUT2D eigenvalue weighted by atomic mass is 10.2. The van der Waals surface area contributed by atoms with Gasteiger partial charge in [0.25, 0.3) is 11.6 Å². The number of amides is 2. The fourth-order valence-corrected chi connectivity index (χ4v) is 3.54. The topological polar surface area (TPSA) is 114 Å². The molecule has 1 aromatic carbocycles. The lowest BCUT2D eigenvalue weighted by Crippen LogP contribution is -2.32. The molecule has 0 fully saturated rings. The first kappa shape index (κ1) is 17.7. The summed E-state index contributed by atoms with van der Waals surface area (Å²) in [6.45, 7) is -0.268. The molecule has 0 spiro atoms. The second-order valence-corrected chi connectivity index (χ2v) is 6.86. The molecule has 3 rings (SSSR count). The Bertz CT molecular complexity index is 953. The minimum Gasteiger partial charge on any atom is -0.343 e. The van der Waals surface area contributed by atoms with Crippen molar-refractivity contribution in [3.63, 3.8) is 0 Å². The number of rotatable bonds is 6. The van der Waals surface area contributed by atoms with Crippen LogP contribution in [-0.4, -0.2) is 28.3 Å². The Labute approximate surface area is 155 Å². The summed E-state index contributed by atoms with van der Waals surface area (Å²) < 4.78 is 0. The number of nitrogens with zero attached hydrogens (tertiary/aromatic N) is 2. The molecule has 2 heterocycles. The van der Waals surface area contributed by atoms with Gasteiger partial charge < -0.3 is 10.6 Å². The zero-order valence-corrected chi connectivity index (χ0v) is 14.8. The first-order chi connectivity index (χ1) is 12.5. The molecule has 0 aliphatic rings. The predicted octanol–water partition coefficient (Wildman–Crippen LogP) is 3.15. The van der Waals surface area contributed by atoms with Crippen LogP contribution >= 0.6 is 22.7 Å². The predicted molar refractivity (Wildman–Crippen MR) is 99.5 cm³/mol. The van der Waals surface area contributed by atoms with E-state index in [2.05, 4.69) is 15.6 Å². The van der Waals surface area contributed by atoms with Gasteiger partial charge in [0.05, 0.1) is 22.0 Å². The van der Waals surface area contributed by atoms with E-state index in [1.165, 1.54) is 29.5 Å². The van der Waals surface area contributed by atoms with Crippen molar-refractivity contribution < 1.29 is 14.5 Å². The van der Waals surface area contributed by atoms with Crippen molar-refractivity contribution in [2.75, 3.05) is 11.9 Å². The molecule has 0 aliphatic heterocycles. The zero-order valence-electron chi connectivity index (χ0n) is 13.2. The number of nitro groups is 1. The number of carbonyl (C=O) groups excluding carboxylic acids is 2. The van der Waals surface area contributed by atoms with Crippen molar-refractivity contribution in [3.8, 4) is 10.6 Å². The highest BCUT2D eigenvalue weighted by Crippen LogP contribution is 2.28. The van der Waals surface area contributed by atoms with Crippen LogP contribution in [0.25, 0.3) is 10.6 Å². The van der Waals surface area contributed by atoms with Crippen molar-refractivity contribution in [2.45, 2.75) is 0 Å². The van der Waals surface area contributed by atoms with Gasteiger partial charge in [0.2, 0.25) is 5.91 Å². The number of benzene rings is 1. The second-order valence-electron chi connectivity index (χ2n) is 5.05. The number of thiazole rings is 1. The Hall–Kier alpha value is -3.11. The van der Waals surface area contributed by atoms with Gasteiger partial charge in [0, 0.05) is 23.1 Å². The van der Waals surface area contributed by atoms with Crippen molar-refractivity contribution in [2.24, 2.45) is 0 Å². The van der Waals surface area contributed by atoms with Gasteiger partial charge in [0.1, 0.15) is 0 Å². The number of hydrogen-bond donors (Lipinski definition) is 2. The molecule has 10 heteroatoms. The van der Waals surface area contributed by atoms with Gasteiger partial charge in [-0.1, -0.05) is 12.1 Å². The zero-order chi connectivity index (χ0) is 18.5. The van der Waals surface area contributed by atoms with Gasteiger partial charge in [-0.05, 0) is 17.5 Å². The fraction of sp³-hybridized carbons (Fsp3) is 0.0625. The molecular weight excluding hydrogens is 376 g/mol. The van der Waals surface area contributed by atoms with Crippen LogP contribution in [0.15, 0.2) is 47.2 Å². The standard InChI is InChI=1S/C16H12N4O4S2/c21-14(19-16-18-12(9-26-16)13-5-2-6-25-13)8-17-15(22)10-3-1-4-11(7-10)20(23)24/h1-7,9H,8H2,(H,17,22)(H,18,19,21). The maximum atomic E-state index is 12.0. The average molecular weight is 388 g/mol. The van der Waals surface area contributed by atoms with Crippen LogP contribution in [0, 0.1) is 10.1 Å². The highest BCUT2D eigenvalue weighted by atomic mass is 32.1. The van der Waals surface area contributed by atoms with Gasteiger partial charge in [-0.25, -0.2) is 4.98 Å². The summed E-state index contributed by atoms with van der Waals surface area (Å²) in [5.74, 6) is -1.00. The molecule has 3 aromatic rings. The molecule has 2 N–H and O–H groups in total. The first-order valence-corrected chi connectivity index (χ1v) is 9.11. The molecular formula is C16H12N4O4S2. The number of nitrogens with one attached hydrogen (secondary N) is 2. The van der Waals surface area contributed by atoms with Gasteiger partial charge in [-0.3, -0.25) is 19.7 Å². The highest BCUT2D eigenvalue weighted by molar-refractivity contribution is 7.16. The average Bonchev–Trinajstić information content (AvgIpc) is 3.31. The van der Waals surface area contributed by atoms with Gasteiger partial charge in [-0.2, -0.15) is 0 Å². The maximum absolute atomic E-state index is 12.0. The van der Waals surface area contributed by atoms with Crippen molar-refractivity contribution in [1.29, 1.82) is 0 Å². The first-order valence-electron chi connectivity index (χ1n) is 7.35. The Morgan fingerprint density at radius 1 is 1.19 bits per heavy atom. The smallest absolute Gasteiger partial charge is 0.270 e. The second kappa shape index (κ2) is 7.85. The maximum Gasteiger partial charge on any atom is 0.270 e. The number of non-ortho nitro benzene ring substituents is 1. The summed E-state index contributed by atoms with van der Waals surface area (Å²) in [7, 11) is 0.